The van der Waals surface area contributed by atoms with Crippen LogP contribution in [0.2, 0.25) is 0 Å². The predicted molar refractivity (Wildman–Crippen MR) is 102 cm³/mol. The largest absolute Gasteiger partial charge is 0.454 e. The molecule has 2 fully saturated rings. The number of nitrogens with one attached hydrogen (secondary N) is 2. The van der Waals surface area contributed by atoms with Crippen LogP contribution in [0.25, 0.3) is 0 Å². The second-order valence-electron chi connectivity index (χ2n) is 7.22. The molecule has 2 unspecified atom stereocenters. The summed E-state index contributed by atoms with van der Waals surface area (Å²) in [5.74, 6) is 1.70. The van der Waals surface area contributed by atoms with Crippen molar-refractivity contribution in [3.63, 3.8) is 0 Å². The minimum atomic E-state index is -0.0510. The number of nitrogens with zero attached hydrogens (tertiary/aromatic N) is 1. The van der Waals surface area contributed by atoms with Crippen molar-refractivity contribution in [1.29, 1.82) is 0 Å². The van der Waals surface area contributed by atoms with Gasteiger partial charge in [-0.15, -0.1) is 12.4 Å². The summed E-state index contributed by atoms with van der Waals surface area (Å²) in [6.07, 6.45) is 3.95. The Morgan fingerprint density at radius 2 is 2.04 bits per heavy atom. The van der Waals surface area contributed by atoms with E-state index in [-0.39, 0.29) is 37.1 Å². The summed E-state index contributed by atoms with van der Waals surface area (Å²) < 4.78 is 10.7. The fraction of sp³-hybridized carbons (Fsp3) is 0.579. The van der Waals surface area contributed by atoms with E-state index in [0.717, 1.165) is 38.8 Å². The highest BCUT2D eigenvalue weighted by molar-refractivity contribution is 5.95. The summed E-state index contributed by atoms with van der Waals surface area (Å²) in [6, 6.07) is 5.27. The van der Waals surface area contributed by atoms with Gasteiger partial charge in [0.15, 0.2) is 11.5 Å². The molecule has 0 saturated carbocycles. The fourth-order valence-electron chi connectivity index (χ4n) is 3.90. The number of amides is 2. The van der Waals surface area contributed by atoms with Gasteiger partial charge in [0.05, 0.1) is 6.04 Å². The van der Waals surface area contributed by atoms with E-state index < -0.39 is 0 Å². The van der Waals surface area contributed by atoms with Crippen LogP contribution in [0.15, 0.2) is 18.2 Å². The predicted octanol–water partition coefficient (Wildman–Crippen LogP) is 1.56. The van der Waals surface area contributed by atoms with Crippen molar-refractivity contribution in [3.8, 4) is 11.5 Å². The van der Waals surface area contributed by atoms with Crippen molar-refractivity contribution in [2.45, 2.75) is 31.7 Å². The number of likely N-dealkylation sites (tertiary alicyclic amines) is 1. The van der Waals surface area contributed by atoms with Crippen LogP contribution in [0.4, 0.5) is 0 Å². The average molecular weight is 396 g/mol. The summed E-state index contributed by atoms with van der Waals surface area (Å²) >= 11 is 0. The molecular weight excluding hydrogens is 370 g/mol. The van der Waals surface area contributed by atoms with E-state index in [1.54, 1.807) is 18.2 Å². The lowest BCUT2D eigenvalue weighted by Crippen LogP contribution is -2.46. The minimum absolute atomic E-state index is 0. The number of hydrogen-bond donors (Lipinski definition) is 2. The number of benzene rings is 1. The van der Waals surface area contributed by atoms with Gasteiger partial charge in [0.2, 0.25) is 12.7 Å². The number of ether oxygens (including phenoxy) is 2. The third-order valence-electron chi connectivity index (χ3n) is 5.37. The topological polar surface area (TPSA) is 79.9 Å². The van der Waals surface area contributed by atoms with Crippen LogP contribution in [0.3, 0.4) is 0 Å². The molecule has 4 rings (SSSR count). The standard InChI is InChI=1S/C19H25N3O4.ClH/c23-18(15-4-1-7-20-15)21-10-13-3-2-8-22(11-13)19(24)14-5-6-16-17(9-14)26-12-25-16;/h5-6,9,13,15,20H,1-4,7-8,10-12H2,(H,21,23);1H. The van der Waals surface area contributed by atoms with Crippen molar-refractivity contribution in [2.75, 3.05) is 33.0 Å². The number of rotatable bonds is 4. The van der Waals surface area contributed by atoms with E-state index in [2.05, 4.69) is 10.6 Å². The van der Waals surface area contributed by atoms with E-state index >= 15 is 0 Å². The Balaban J connectivity index is 0.00000210. The third-order valence-corrected chi connectivity index (χ3v) is 5.37. The first kappa shape index (κ1) is 19.8. The quantitative estimate of drug-likeness (QED) is 0.808. The molecule has 0 radical (unpaired) electrons. The lowest BCUT2D eigenvalue weighted by molar-refractivity contribution is -0.123. The van der Waals surface area contributed by atoms with Crippen LogP contribution in [0, 0.1) is 5.92 Å². The molecule has 7 nitrogen and oxygen atoms in total. The lowest BCUT2D eigenvalue weighted by Gasteiger charge is -2.33. The molecule has 1 aromatic carbocycles. The molecular formula is C19H26ClN3O4. The maximum Gasteiger partial charge on any atom is 0.254 e. The second-order valence-corrected chi connectivity index (χ2v) is 7.22. The Morgan fingerprint density at radius 1 is 1.19 bits per heavy atom. The SMILES string of the molecule is Cl.O=C(NCC1CCCN(C(=O)c2ccc3c(c2)OCO3)C1)C1CCCN1. The van der Waals surface area contributed by atoms with Gasteiger partial charge < -0.3 is 25.0 Å². The Kier molecular flexibility index (Phi) is 6.44. The summed E-state index contributed by atoms with van der Waals surface area (Å²) in [6.45, 7) is 3.17. The fourth-order valence-corrected chi connectivity index (χ4v) is 3.90. The Labute approximate surface area is 165 Å². The summed E-state index contributed by atoms with van der Waals surface area (Å²) in [7, 11) is 0. The molecule has 1 aromatic rings. The molecule has 2 saturated heterocycles. The average Bonchev–Trinajstić information content (AvgIpc) is 3.36. The third kappa shape index (κ3) is 4.47. The van der Waals surface area contributed by atoms with Crippen LogP contribution < -0.4 is 20.1 Å². The van der Waals surface area contributed by atoms with Crippen LogP contribution >= 0.6 is 12.4 Å². The normalized spacial score (nSPS) is 23.6. The molecule has 2 amide bonds. The van der Waals surface area contributed by atoms with Crippen LogP contribution in [0.1, 0.15) is 36.0 Å². The Hall–Kier alpha value is -1.99. The Bertz CT molecular complexity index is 694. The maximum atomic E-state index is 12.8. The van der Waals surface area contributed by atoms with Gasteiger partial charge in [-0.25, -0.2) is 0 Å². The lowest BCUT2D eigenvalue weighted by atomic mass is 9.97. The van der Waals surface area contributed by atoms with E-state index in [1.165, 1.54) is 0 Å². The van der Waals surface area contributed by atoms with Gasteiger partial charge >= 0.3 is 0 Å². The van der Waals surface area contributed by atoms with E-state index in [0.29, 0.717) is 36.1 Å². The zero-order valence-electron chi connectivity index (χ0n) is 15.2. The molecule has 0 bridgehead atoms. The zero-order valence-corrected chi connectivity index (χ0v) is 16.1. The molecule has 27 heavy (non-hydrogen) atoms. The minimum Gasteiger partial charge on any atom is -0.454 e. The van der Waals surface area contributed by atoms with Crippen molar-refractivity contribution in [2.24, 2.45) is 5.92 Å². The summed E-state index contributed by atoms with van der Waals surface area (Å²) in [5, 5.41) is 6.27. The highest BCUT2D eigenvalue weighted by Crippen LogP contribution is 2.33. The van der Waals surface area contributed by atoms with Crippen LogP contribution in [-0.2, 0) is 4.79 Å². The first-order valence-corrected chi connectivity index (χ1v) is 9.41. The second kappa shape index (κ2) is 8.80. The molecule has 0 aliphatic carbocycles. The van der Waals surface area contributed by atoms with Gasteiger partial charge in [-0.2, -0.15) is 0 Å². The molecule has 0 aromatic heterocycles. The van der Waals surface area contributed by atoms with Crippen molar-refractivity contribution >= 4 is 24.2 Å². The van der Waals surface area contributed by atoms with Crippen molar-refractivity contribution in [1.82, 2.24) is 15.5 Å². The van der Waals surface area contributed by atoms with Gasteiger partial charge in [0, 0.05) is 25.2 Å². The van der Waals surface area contributed by atoms with E-state index in [4.69, 9.17) is 9.47 Å². The highest BCUT2D eigenvalue weighted by Gasteiger charge is 2.27. The molecule has 2 atom stereocenters. The number of halogens is 1. The van der Waals surface area contributed by atoms with Gasteiger partial charge in [-0.1, -0.05) is 0 Å². The monoisotopic (exact) mass is 395 g/mol. The first-order chi connectivity index (χ1) is 12.7. The Morgan fingerprint density at radius 3 is 2.85 bits per heavy atom. The van der Waals surface area contributed by atoms with Crippen molar-refractivity contribution < 1.29 is 19.1 Å². The van der Waals surface area contributed by atoms with E-state index in [9.17, 15) is 9.59 Å². The molecule has 8 heteroatoms. The number of fused-ring (bicyclic) bond motifs is 1. The van der Waals surface area contributed by atoms with Gasteiger partial charge in [-0.05, 0) is 56.3 Å². The molecule has 0 spiro atoms. The highest BCUT2D eigenvalue weighted by atomic mass is 35.5. The van der Waals surface area contributed by atoms with Crippen LogP contribution in [-0.4, -0.2) is 55.7 Å². The maximum absolute atomic E-state index is 12.8. The number of hydrogen-bond acceptors (Lipinski definition) is 5. The number of piperidine rings is 1. The smallest absolute Gasteiger partial charge is 0.254 e. The summed E-state index contributed by atoms with van der Waals surface area (Å²) in [4.78, 5) is 26.9. The van der Waals surface area contributed by atoms with Crippen molar-refractivity contribution in [3.05, 3.63) is 23.8 Å². The summed E-state index contributed by atoms with van der Waals surface area (Å²) in [5.41, 5.74) is 0.620. The van der Waals surface area contributed by atoms with Gasteiger partial charge in [-0.3, -0.25) is 9.59 Å². The zero-order chi connectivity index (χ0) is 17.9. The molecule has 3 heterocycles. The van der Waals surface area contributed by atoms with E-state index in [1.807, 2.05) is 4.90 Å². The number of carbonyl (C=O) groups is 2. The van der Waals surface area contributed by atoms with Gasteiger partial charge in [0.1, 0.15) is 0 Å². The molecule has 148 valence electrons. The molecule has 2 N–H and O–H groups in total. The number of carbonyl (C=O) groups excluding carboxylic acids is 2. The first-order valence-electron chi connectivity index (χ1n) is 9.41. The van der Waals surface area contributed by atoms with Crippen LogP contribution in [0.5, 0.6) is 11.5 Å². The van der Waals surface area contributed by atoms with Gasteiger partial charge in [0.25, 0.3) is 5.91 Å². The molecule has 3 aliphatic rings. The molecule has 3 aliphatic heterocycles.